The van der Waals surface area contributed by atoms with Crippen molar-refractivity contribution < 1.29 is 4.79 Å². The van der Waals surface area contributed by atoms with Gasteiger partial charge in [-0.05, 0) is 37.1 Å². The number of carbonyl (C=O) groups is 1. The van der Waals surface area contributed by atoms with E-state index in [-0.39, 0.29) is 11.2 Å². The lowest BCUT2D eigenvalue weighted by molar-refractivity contribution is 0.251. The third kappa shape index (κ3) is 3.71. The quantitative estimate of drug-likeness (QED) is 0.847. The third-order valence-corrected chi connectivity index (χ3v) is 3.25. The number of nitrogens with one attached hydrogen (secondary N) is 2. The number of anilines is 1. The van der Waals surface area contributed by atoms with Crippen molar-refractivity contribution in [3.05, 3.63) is 58.4 Å². The molecule has 0 radical (unpaired) electrons. The van der Waals surface area contributed by atoms with Gasteiger partial charge in [-0.1, -0.05) is 35.4 Å². The average molecular weight is 290 g/mol. The van der Waals surface area contributed by atoms with Crippen LogP contribution in [0.1, 0.15) is 16.7 Å². The molecular formula is C15H16ClN3O. The molecule has 1 aromatic carbocycles. The summed E-state index contributed by atoms with van der Waals surface area (Å²) >= 11 is 5.87. The van der Waals surface area contributed by atoms with Crippen LogP contribution < -0.4 is 10.6 Å². The van der Waals surface area contributed by atoms with Crippen molar-refractivity contribution >= 4 is 23.3 Å². The molecule has 104 valence electrons. The molecule has 2 aromatic rings. The van der Waals surface area contributed by atoms with Crippen molar-refractivity contribution in [1.82, 2.24) is 10.3 Å². The maximum absolute atomic E-state index is 11.8. The molecule has 2 rings (SSSR count). The number of aromatic nitrogens is 1. The summed E-state index contributed by atoms with van der Waals surface area (Å²) in [5.74, 6) is 0. The molecule has 0 saturated carbocycles. The number of halogens is 1. The minimum Gasteiger partial charge on any atom is -0.334 e. The first kappa shape index (κ1) is 14.3. The van der Waals surface area contributed by atoms with E-state index in [1.165, 1.54) is 5.56 Å². The second-order valence-corrected chi connectivity index (χ2v) is 4.94. The molecule has 0 atom stereocenters. The lowest BCUT2D eigenvalue weighted by atomic mass is 10.1. The SMILES string of the molecule is Cc1ccc(CNC(=O)Nc2cccnc2Cl)c(C)c1. The molecule has 4 nitrogen and oxygen atoms in total. The van der Waals surface area contributed by atoms with Gasteiger partial charge in [0.2, 0.25) is 0 Å². The fraction of sp³-hybridized carbons (Fsp3) is 0.200. The van der Waals surface area contributed by atoms with Gasteiger partial charge in [0.05, 0.1) is 5.69 Å². The Hall–Kier alpha value is -2.07. The number of hydrogen-bond acceptors (Lipinski definition) is 2. The number of benzene rings is 1. The number of pyridine rings is 1. The van der Waals surface area contributed by atoms with Crippen molar-refractivity contribution in [2.45, 2.75) is 20.4 Å². The third-order valence-electron chi connectivity index (χ3n) is 2.94. The molecule has 0 saturated heterocycles. The topological polar surface area (TPSA) is 54.0 Å². The molecule has 5 heteroatoms. The molecular weight excluding hydrogens is 274 g/mol. The highest BCUT2D eigenvalue weighted by Gasteiger charge is 2.06. The second kappa shape index (κ2) is 6.39. The number of amides is 2. The summed E-state index contributed by atoms with van der Waals surface area (Å²) in [4.78, 5) is 15.7. The first-order valence-corrected chi connectivity index (χ1v) is 6.65. The zero-order chi connectivity index (χ0) is 14.5. The minimum absolute atomic E-state index is 0.272. The number of carbonyl (C=O) groups excluding carboxylic acids is 1. The first-order chi connectivity index (χ1) is 9.56. The van der Waals surface area contributed by atoms with Crippen LogP contribution in [0.2, 0.25) is 5.15 Å². The van der Waals surface area contributed by atoms with Crippen molar-refractivity contribution in [3.8, 4) is 0 Å². The van der Waals surface area contributed by atoms with Gasteiger partial charge in [-0.2, -0.15) is 0 Å². The molecule has 0 spiro atoms. The number of aryl methyl sites for hydroxylation is 2. The molecule has 1 aromatic heterocycles. The standard InChI is InChI=1S/C15H16ClN3O/c1-10-5-6-12(11(2)8-10)9-18-15(20)19-13-4-3-7-17-14(13)16/h3-8H,9H2,1-2H3,(H2,18,19,20). The van der Waals surface area contributed by atoms with Crippen LogP contribution in [-0.2, 0) is 6.54 Å². The van der Waals surface area contributed by atoms with Gasteiger partial charge in [-0.25, -0.2) is 9.78 Å². The molecule has 0 unspecified atom stereocenters. The van der Waals surface area contributed by atoms with Crippen LogP contribution in [0.5, 0.6) is 0 Å². The summed E-state index contributed by atoms with van der Waals surface area (Å²) in [5, 5.41) is 5.74. The molecule has 2 N–H and O–H groups in total. The Kier molecular flexibility index (Phi) is 4.58. The van der Waals surface area contributed by atoms with Crippen molar-refractivity contribution in [3.63, 3.8) is 0 Å². The van der Waals surface area contributed by atoms with Gasteiger partial charge in [-0.3, -0.25) is 0 Å². The summed E-state index contributed by atoms with van der Waals surface area (Å²) in [6.07, 6.45) is 1.57. The number of hydrogen-bond donors (Lipinski definition) is 2. The summed E-state index contributed by atoms with van der Waals surface area (Å²) in [6, 6.07) is 9.24. The normalized spacial score (nSPS) is 10.2. The highest BCUT2D eigenvalue weighted by atomic mass is 35.5. The summed E-state index contributed by atoms with van der Waals surface area (Å²) < 4.78 is 0. The smallest absolute Gasteiger partial charge is 0.319 e. The molecule has 0 aliphatic heterocycles. The van der Waals surface area contributed by atoms with E-state index in [9.17, 15) is 4.79 Å². The van der Waals surface area contributed by atoms with Gasteiger partial charge in [-0.15, -0.1) is 0 Å². The maximum Gasteiger partial charge on any atom is 0.319 e. The van der Waals surface area contributed by atoms with Gasteiger partial charge in [0.15, 0.2) is 5.15 Å². The van der Waals surface area contributed by atoms with Crippen LogP contribution in [0.25, 0.3) is 0 Å². The first-order valence-electron chi connectivity index (χ1n) is 6.28. The molecule has 2 amide bonds. The Labute approximate surface area is 123 Å². The largest absolute Gasteiger partial charge is 0.334 e. The summed E-state index contributed by atoms with van der Waals surface area (Å²) in [7, 11) is 0. The van der Waals surface area contributed by atoms with Gasteiger partial charge < -0.3 is 10.6 Å². The summed E-state index contributed by atoms with van der Waals surface area (Å²) in [6.45, 7) is 4.54. The molecule has 20 heavy (non-hydrogen) atoms. The van der Waals surface area contributed by atoms with Gasteiger partial charge in [0.1, 0.15) is 0 Å². The van der Waals surface area contributed by atoms with Crippen molar-refractivity contribution in [1.29, 1.82) is 0 Å². The minimum atomic E-state index is -0.306. The van der Waals surface area contributed by atoms with Crippen molar-refractivity contribution in [2.75, 3.05) is 5.32 Å². The molecule has 0 aliphatic rings. The number of rotatable bonds is 3. The van der Waals surface area contributed by atoms with Crippen LogP contribution in [0.4, 0.5) is 10.5 Å². The highest BCUT2D eigenvalue weighted by molar-refractivity contribution is 6.32. The zero-order valence-corrected chi connectivity index (χ0v) is 12.2. The van der Waals surface area contributed by atoms with Gasteiger partial charge >= 0.3 is 6.03 Å². The van der Waals surface area contributed by atoms with E-state index in [0.29, 0.717) is 12.2 Å². The van der Waals surface area contributed by atoms with E-state index >= 15 is 0 Å². The van der Waals surface area contributed by atoms with Crippen LogP contribution in [0.3, 0.4) is 0 Å². The fourth-order valence-corrected chi connectivity index (χ4v) is 2.03. The molecule has 0 fully saturated rings. The monoisotopic (exact) mass is 289 g/mol. The summed E-state index contributed by atoms with van der Waals surface area (Å²) in [5.41, 5.74) is 3.94. The zero-order valence-electron chi connectivity index (χ0n) is 11.4. The maximum atomic E-state index is 11.8. The Morgan fingerprint density at radius 1 is 1.30 bits per heavy atom. The Balaban J connectivity index is 1.94. The average Bonchev–Trinajstić information content (AvgIpc) is 2.40. The van der Waals surface area contributed by atoms with Gasteiger partial charge in [0.25, 0.3) is 0 Å². The van der Waals surface area contributed by atoms with Crippen LogP contribution >= 0.6 is 11.6 Å². The second-order valence-electron chi connectivity index (χ2n) is 4.58. The fourth-order valence-electron chi connectivity index (χ4n) is 1.87. The van der Waals surface area contributed by atoms with Crippen LogP contribution in [-0.4, -0.2) is 11.0 Å². The number of nitrogens with zero attached hydrogens (tertiary/aromatic N) is 1. The number of urea groups is 1. The Morgan fingerprint density at radius 3 is 2.80 bits per heavy atom. The van der Waals surface area contributed by atoms with E-state index in [2.05, 4.69) is 21.7 Å². The van der Waals surface area contributed by atoms with E-state index in [1.807, 2.05) is 26.0 Å². The molecule has 0 aliphatic carbocycles. The molecule has 0 bridgehead atoms. The van der Waals surface area contributed by atoms with Crippen LogP contribution in [0, 0.1) is 13.8 Å². The van der Waals surface area contributed by atoms with E-state index in [1.54, 1.807) is 18.3 Å². The lowest BCUT2D eigenvalue weighted by Gasteiger charge is -2.10. The van der Waals surface area contributed by atoms with Crippen LogP contribution in [0.15, 0.2) is 36.5 Å². The predicted octanol–water partition coefficient (Wildman–Crippen LogP) is 3.67. The molecule has 1 heterocycles. The lowest BCUT2D eigenvalue weighted by Crippen LogP contribution is -2.28. The predicted molar refractivity (Wildman–Crippen MR) is 81.0 cm³/mol. The Morgan fingerprint density at radius 2 is 2.10 bits per heavy atom. The van der Waals surface area contributed by atoms with E-state index in [4.69, 9.17) is 11.6 Å². The van der Waals surface area contributed by atoms with Crippen molar-refractivity contribution in [2.24, 2.45) is 0 Å². The van der Waals surface area contributed by atoms with E-state index < -0.39 is 0 Å². The Bertz CT molecular complexity index is 628. The highest BCUT2D eigenvalue weighted by Crippen LogP contribution is 2.17. The van der Waals surface area contributed by atoms with E-state index in [0.717, 1.165) is 11.1 Å². The van der Waals surface area contributed by atoms with Gasteiger partial charge in [0, 0.05) is 12.7 Å².